The van der Waals surface area contributed by atoms with Gasteiger partial charge in [-0.05, 0) is 61.3 Å². The molecule has 4 rings (SSSR count). The number of thiocarbonyl (C=S) groups is 1. The lowest BCUT2D eigenvalue weighted by Gasteiger charge is -2.39. The molecule has 0 saturated heterocycles. The van der Waals surface area contributed by atoms with Gasteiger partial charge in [0, 0.05) is 30.7 Å². The first-order valence-electron chi connectivity index (χ1n) is 9.96. The Labute approximate surface area is 173 Å². The summed E-state index contributed by atoms with van der Waals surface area (Å²) in [7, 11) is 0. The molecule has 1 aliphatic rings. The molecule has 0 radical (unpaired) electrons. The second-order valence-electron chi connectivity index (χ2n) is 7.53. The van der Waals surface area contributed by atoms with Gasteiger partial charge >= 0.3 is 0 Å². The highest BCUT2D eigenvalue weighted by Gasteiger charge is 2.30. The van der Waals surface area contributed by atoms with Crippen molar-refractivity contribution in [1.29, 1.82) is 0 Å². The molecule has 3 aromatic rings. The van der Waals surface area contributed by atoms with Gasteiger partial charge in [-0.15, -0.1) is 0 Å². The van der Waals surface area contributed by atoms with Gasteiger partial charge in [-0.3, -0.25) is 0 Å². The predicted octanol–water partition coefficient (Wildman–Crippen LogP) is 5.47. The summed E-state index contributed by atoms with van der Waals surface area (Å²) < 4.78 is 2.34. The Morgan fingerprint density at radius 1 is 1.04 bits per heavy atom. The highest BCUT2D eigenvalue weighted by Crippen LogP contribution is 2.33. The molecule has 144 valence electrons. The van der Waals surface area contributed by atoms with Crippen molar-refractivity contribution in [3.05, 3.63) is 88.7 Å². The van der Waals surface area contributed by atoms with Gasteiger partial charge in [0.2, 0.25) is 0 Å². The Morgan fingerprint density at radius 2 is 1.82 bits per heavy atom. The molecule has 1 aromatic heterocycles. The molecule has 0 fully saturated rings. The van der Waals surface area contributed by atoms with Crippen molar-refractivity contribution in [3.63, 3.8) is 0 Å². The second-order valence-corrected chi connectivity index (χ2v) is 7.91. The minimum absolute atomic E-state index is 0.124. The number of benzene rings is 2. The maximum absolute atomic E-state index is 5.93. The van der Waals surface area contributed by atoms with Crippen molar-refractivity contribution >= 4 is 23.0 Å². The third kappa shape index (κ3) is 3.45. The first-order valence-corrected chi connectivity index (χ1v) is 10.4. The van der Waals surface area contributed by atoms with Crippen LogP contribution in [0.15, 0.2) is 60.8 Å². The zero-order valence-corrected chi connectivity index (χ0v) is 17.6. The Hall–Kier alpha value is -2.59. The Bertz CT molecular complexity index is 987. The van der Waals surface area contributed by atoms with E-state index in [0.717, 1.165) is 30.3 Å². The molecule has 1 atom stereocenters. The van der Waals surface area contributed by atoms with E-state index in [4.69, 9.17) is 12.2 Å². The van der Waals surface area contributed by atoms with Gasteiger partial charge < -0.3 is 14.8 Å². The van der Waals surface area contributed by atoms with Gasteiger partial charge in [0.1, 0.15) is 0 Å². The van der Waals surface area contributed by atoms with Gasteiger partial charge in [0.25, 0.3) is 0 Å². The van der Waals surface area contributed by atoms with Crippen LogP contribution in [-0.4, -0.2) is 21.1 Å². The fourth-order valence-electron chi connectivity index (χ4n) is 4.08. The van der Waals surface area contributed by atoms with Gasteiger partial charge in [0.05, 0.1) is 6.04 Å². The van der Waals surface area contributed by atoms with Crippen LogP contribution in [0.3, 0.4) is 0 Å². The lowest BCUT2D eigenvalue weighted by molar-refractivity contribution is 0.293. The number of nitrogens with zero attached hydrogens (tertiary/aromatic N) is 2. The number of nitrogens with one attached hydrogen (secondary N) is 1. The van der Waals surface area contributed by atoms with Gasteiger partial charge in [0.15, 0.2) is 5.11 Å². The lowest BCUT2D eigenvalue weighted by atomic mass is 9.99. The van der Waals surface area contributed by atoms with Crippen LogP contribution in [0.5, 0.6) is 0 Å². The molecule has 2 heterocycles. The van der Waals surface area contributed by atoms with Crippen molar-refractivity contribution in [1.82, 2.24) is 9.47 Å². The average molecular weight is 390 g/mol. The summed E-state index contributed by atoms with van der Waals surface area (Å²) in [5.74, 6) is 0. The standard InChI is InChI=1S/C24H27N3S/c1-4-19-8-5-7-18(3)22(19)25-24(28)27-16-15-26-14-6-9-21(26)23(27)20-12-10-17(2)11-13-20/h5-14,23H,4,15-16H2,1-3H3,(H,25,28). The zero-order valence-electron chi connectivity index (χ0n) is 16.8. The number of hydrogen-bond acceptors (Lipinski definition) is 1. The first kappa shape index (κ1) is 18.8. The number of fused-ring (bicyclic) bond motifs is 1. The predicted molar refractivity (Wildman–Crippen MR) is 121 cm³/mol. The molecule has 1 aliphatic heterocycles. The van der Waals surface area contributed by atoms with Crippen molar-refractivity contribution in [2.45, 2.75) is 39.8 Å². The number of aromatic nitrogens is 1. The monoisotopic (exact) mass is 389 g/mol. The van der Waals surface area contributed by atoms with Crippen LogP contribution >= 0.6 is 12.2 Å². The molecule has 1 unspecified atom stereocenters. The molecule has 3 nitrogen and oxygen atoms in total. The van der Waals surface area contributed by atoms with E-state index in [-0.39, 0.29) is 6.04 Å². The second kappa shape index (κ2) is 7.80. The smallest absolute Gasteiger partial charge is 0.174 e. The average Bonchev–Trinajstić information content (AvgIpc) is 3.18. The van der Waals surface area contributed by atoms with Crippen molar-refractivity contribution < 1.29 is 0 Å². The lowest BCUT2D eigenvalue weighted by Crippen LogP contribution is -2.44. The van der Waals surface area contributed by atoms with Crippen molar-refractivity contribution in [3.8, 4) is 0 Å². The summed E-state index contributed by atoms with van der Waals surface area (Å²) in [5, 5.41) is 4.38. The van der Waals surface area contributed by atoms with E-state index >= 15 is 0 Å². The minimum atomic E-state index is 0.124. The van der Waals surface area contributed by atoms with E-state index in [0.29, 0.717) is 0 Å². The van der Waals surface area contributed by atoms with Crippen LogP contribution in [0.25, 0.3) is 0 Å². The normalized spacial score (nSPS) is 16.0. The number of anilines is 1. The molecular formula is C24H27N3S. The quantitative estimate of drug-likeness (QED) is 0.600. The van der Waals surface area contributed by atoms with E-state index in [1.807, 2.05) is 0 Å². The molecule has 0 bridgehead atoms. The molecule has 0 aliphatic carbocycles. The molecule has 0 amide bonds. The van der Waals surface area contributed by atoms with E-state index in [1.165, 1.54) is 27.9 Å². The maximum Gasteiger partial charge on any atom is 0.174 e. The summed E-state index contributed by atoms with van der Waals surface area (Å²) in [6.45, 7) is 8.29. The van der Waals surface area contributed by atoms with Crippen molar-refractivity contribution in [2.75, 3.05) is 11.9 Å². The molecular weight excluding hydrogens is 362 g/mol. The number of hydrogen-bond donors (Lipinski definition) is 1. The van der Waals surface area contributed by atoms with Crippen LogP contribution in [-0.2, 0) is 13.0 Å². The van der Waals surface area contributed by atoms with E-state index < -0.39 is 0 Å². The van der Waals surface area contributed by atoms with E-state index in [9.17, 15) is 0 Å². The van der Waals surface area contributed by atoms with Gasteiger partial charge in [-0.1, -0.05) is 55.0 Å². The van der Waals surface area contributed by atoms with E-state index in [1.54, 1.807) is 0 Å². The van der Waals surface area contributed by atoms with Gasteiger partial charge in [-0.25, -0.2) is 0 Å². The fourth-order valence-corrected chi connectivity index (χ4v) is 4.38. The molecule has 2 aromatic carbocycles. The summed E-state index contributed by atoms with van der Waals surface area (Å²) in [4.78, 5) is 2.33. The molecule has 28 heavy (non-hydrogen) atoms. The zero-order chi connectivity index (χ0) is 19.7. The largest absolute Gasteiger partial charge is 0.348 e. The Morgan fingerprint density at radius 3 is 2.57 bits per heavy atom. The number of para-hydroxylation sites is 1. The highest BCUT2D eigenvalue weighted by molar-refractivity contribution is 7.80. The highest BCUT2D eigenvalue weighted by atomic mass is 32.1. The van der Waals surface area contributed by atoms with Crippen LogP contribution in [0.1, 0.15) is 40.9 Å². The molecule has 0 spiro atoms. The minimum Gasteiger partial charge on any atom is -0.348 e. The van der Waals surface area contributed by atoms with Crippen LogP contribution < -0.4 is 5.32 Å². The SMILES string of the molecule is CCc1cccc(C)c1NC(=S)N1CCn2cccc2C1c1ccc(C)cc1. The number of aryl methyl sites for hydroxylation is 3. The Kier molecular flexibility index (Phi) is 5.23. The third-order valence-corrected chi connectivity index (χ3v) is 6.00. The van der Waals surface area contributed by atoms with Crippen LogP contribution in [0.4, 0.5) is 5.69 Å². The molecule has 1 N–H and O–H groups in total. The molecule has 0 saturated carbocycles. The fraction of sp³-hybridized carbons (Fsp3) is 0.292. The Balaban J connectivity index is 1.69. The summed E-state index contributed by atoms with van der Waals surface area (Å²) >= 11 is 5.93. The first-order chi connectivity index (χ1) is 13.6. The number of rotatable bonds is 3. The third-order valence-electron chi connectivity index (χ3n) is 5.66. The van der Waals surface area contributed by atoms with Crippen LogP contribution in [0.2, 0.25) is 0 Å². The topological polar surface area (TPSA) is 20.2 Å². The summed E-state index contributed by atoms with van der Waals surface area (Å²) in [5.41, 5.74) is 7.52. The van der Waals surface area contributed by atoms with E-state index in [2.05, 4.69) is 96.3 Å². The van der Waals surface area contributed by atoms with Gasteiger partial charge in [-0.2, -0.15) is 0 Å². The summed E-state index contributed by atoms with van der Waals surface area (Å²) in [6, 6.07) is 19.7. The van der Waals surface area contributed by atoms with Crippen molar-refractivity contribution in [2.24, 2.45) is 0 Å². The molecule has 4 heteroatoms. The summed E-state index contributed by atoms with van der Waals surface area (Å²) in [6.07, 6.45) is 3.15. The maximum atomic E-state index is 5.93. The van der Waals surface area contributed by atoms with Crippen LogP contribution in [0, 0.1) is 13.8 Å².